The number of primary amides is 1. The van der Waals surface area contributed by atoms with Crippen LogP contribution in [0.5, 0.6) is 0 Å². The minimum absolute atomic E-state index is 0.180. The number of benzene rings is 2. The molecule has 4 aromatic rings. The Kier molecular flexibility index (Phi) is 6.05. The first-order chi connectivity index (χ1) is 16.5. The van der Waals surface area contributed by atoms with Gasteiger partial charge in [-0.05, 0) is 96.5 Å². The Morgan fingerprint density at radius 3 is 2.50 bits per heavy atom. The summed E-state index contributed by atoms with van der Waals surface area (Å²) >= 11 is 0. The van der Waals surface area contributed by atoms with E-state index in [1.807, 2.05) is 24.4 Å². The van der Waals surface area contributed by atoms with E-state index in [1.165, 1.54) is 18.0 Å². The van der Waals surface area contributed by atoms with Gasteiger partial charge in [-0.2, -0.15) is 0 Å². The van der Waals surface area contributed by atoms with Crippen LogP contribution in [0.15, 0.2) is 67.4 Å². The summed E-state index contributed by atoms with van der Waals surface area (Å²) in [6.45, 7) is 2.19. The smallest absolute Gasteiger partial charge is 0.248 e. The van der Waals surface area contributed by atoms with E-state index >= 15 is 0 Å². The number of pyridine rings is 1. The maximum absolute atomic E-state index is 13.9. The van der Waals surface area contributed by atoms with Crippen LogP contribution in [0.2, 0.25) is 0 Å². The van der Waals surface area contributed by atoms with Crippen LogP contribution in [0.3, 0.4) is 0 Å². The van der Waals surface area contributed by atoms with Crippen molar-refractivity contribution in [3.63, 3.8) is 0 Å². The molecule has 1 fully saturated rings. The molecule has 0 saturated heterocycles. The van der Waals surface area contributed by atoms with E-state index < -0.39 is 5.91 Å². The van der Waals surface area contributed by atoms with E-state index in [-0.39, 0.29) is 11.7 Å². The molecule has 1 saturated carbocycles. The summed E-state index contributed by atoms with van der Waals surface area (Å²) in [6.07, 6.45) is 11.0. The fourth-order valence-corrected chi connectivity index (χ4v) is 5.47. The number of hydrogen-bond donors (Lipinski definition) is 1. The molecule has 2 aromatic heterocycles. The van der Waals surface area contributed by atoms with Crippen LogP contribution >= 0.6 is 0 Å². The maximum Gasteiger partial charge on any atom is 0.248 e. The molecule has 1 aliphatic carbocycles. The maximum atomic E-state index is 13.9. The van der Waals surface area contributed by atoms with Gasteiger partial charge in [0.05, 0.1) is 5.52 Å². The highest BCUT2D eigenvalue weighted by atomic mass is 19.1. The molecule has 2 aromatic carbocycles. The highest BCUT2D eigenvalue weighted by Gasteiger charge is 2.29. The number of halogens is 1. The van der Waals surface area contributed by atoms with Crippen molar-refractivity contribution < 1.29 is 9.18 Å². The zero-order valence-corrected chi connectivity index (χ0v) is 19.1. The predicted molar refractivity (Wildman–Crippen MR) is 131 cm³/mol. The molecule has 0 aliphatic heterocycles. The van der Waals surface area contributed by atoms with E-state index in [0.717, 1.165) is 53.3 Å². The number of nitrogens with two attached hydrogens (primary N) is 1. The van der Waals surface area contributed by atoms with Crippen molar-refractivity contribution in [1.29, 1.82) is 0 Å². The normalized spacial score (nSPS) is 19.1. The van der Waals surface area contributed by atoms with Crippen molar-refractivity contribution in [2.24, 2.45) is 11.7 Å². The van der Waals surface area contributed by atoms with Crippen molar-refractivity contribution in [1.82, 2.24) is 15.0 Å². The molecule has 5 nitrogen and oxygen atoms in total. The Labute approximate surface area is 198 Å². The minimum atomic E-state index is -0.406. The molecule has 0 unspecified atom stereocenters. The Bertz CT molecular complexity index is 1330. The Hall–Kier alpha value is -3.67. The quantitative estimate of drug-likeness (QED) is 0.400. The van der Waals surface area contributed by atoms with Gasteiger partial charge in [-0.3, -0.25) is 9.78 Å². The third-order valence-electron chi connectivity index (χ3n) is 7.36. The monoisotopic (exact) mass is 454 g/mol. The Morgan fingerprint density at radius 2 is 1.76 bits per heavy atom. The first kappa shape index (κ1) is 22.1. The third kappa shape index (κ3) is 4.28. The van der Waals surface area contributed by atoms with E-state index in [9.17, 15) is 9.18 Å². The number of aromatic nitrogens is 3. The SMILES string of the molecule is C[C@@H](c1cc(-c2cncnc2)ccc1C(N)=O)C1CCC(c2ccnc3ccc(F)cc23)CC1. The highest BCUT2D eigenvalue weighted by Crippen LogP contribution is 2.44. The van der Waals surface area contributed by atoms with Gasteiger partial charge >= 0.3 is 0 Å². The van der Waals surface area contributed by atoms with Crippen LogP contribution in [0, 0.1) is 11.7 Å². The summed E-state index contributed by atoms with van der Waals surface area (Å²) in [5.41, 5.74) is 11.2. The second kappa shape index (κ2) is 9.29. The molecule has 0 spiro atoms. The second-order valence-corrected chi connectivity index (χ2v) is 9.26. The topological polar surface area (TPSA) is 81.8 Å². The van der Waals surface area contributed by atoms with E-state index in [1.54, 1.807) is 24.5 Å². The summed E-state index contributed by atoms with van der Waals surface area (Å²) in [5, 5.41) is 0.910. The molecular weight excluding hydrogens is 427 g/mol. The summed E-state index contributed by atoms with van der Waals surface area (Å²) in [7, 11) is 0. The molecular formula is C28H27FN4O. The first-order valence-electron chi connectivity index (χ1n) is 11.7. The predicted octanol–water partition coefficient (Wildman–Crippen LogP) is 6.01. The summed E-state index contributed by atoms with van der Waals surface area (Å²) in [4.78, 5) is 24.8. The molecule has 0 bridgehead atoms. The standard InChI is InChI=1S/C28H27FN4O/c1-17(25-12-20(6-8-24(25)28(30)34)21-14-31-16-32-15-21)18-2-4-19(5-3-18)23-10-11-33-27-9-7-22(29)13-26(23)27/h6-19H,2-5H2,1H3,(H2,30,34)/t17-,18?,19?/m1/s1. The van der Waals surface area contributed by atoms with Crippen molar-refractivity contribution in [3.8, 4) is 11.1 Å². The van der Waals surface area contributed by atoms with Crippen molar-refractivity contribution in [2.45, 2.75) is 44.4 Å². The fraction of sp³-hybridized carbons (Fsp3) is 0.286. The summed E-state index contributed by atoms with van der Waals surface area (Å²) in [5.74, 6) is 0.351. The molecule has 1 atom stereocenters. The number of nitrogens with zero attached hydrogens (tertiary/aromatic N) is 3. The lowest BCUT2D eigenvalue weighted by Gasteiger charge is -2.34. The average Bonchev–Trinajstić information content (AvgIpc) is 2.88. The van der Waals surface area contributed by atoms with Gasteiger partial charge in [0.2, 0.25) is 5.91 Å². The van der Waals surface area contributed by atoms with Crippen molar-refractivity contribution in [3.05, 3.63) is 89.9 Å². The zero-order chi connectivity index (χ0) is 23.7. The van der Waals surface area contributed by atoms with Crippen molar-refractivity contribution in [2.75, 3.05) is 0 Å². The van der Waals surface area contributed by atoms with Crippen LogP contribution in [0.4, 0.5) is 4.39 Å². The first-order valence-corrected chi connectivity index (χ1v) is 11.7. The fourth-order valence-electron chi connectivity index (χ4n) is 5.47. The molecule has 2 N–H and O–H groups in total. The average molecular weight is 455 g/mol. The molecule has 2 heterocycles. The van der Waals surface area contributed by atoms with E-state index in [0.29, 0.717) is 17.4 Å². The van der Waals surface area contributed by atoms with Crippen LogP contribution in [-0.4, -0.2) is 20.9 Å². The van der Waals surface area contributed by atoms with Gasteiger partial charge in [-0.1, -0.05) is 13.0 Å². The number of amides is 1. The van der Waals surface area contributed by atoms with Gasteiger partial charge in [0.25, 0.3) is 0 Å². The molecule has 1 amide bonds. The van der Waals surface area contributed by atoms with Gasteiger partial charge in [0.15, 0.2) is 0 Å². The summed E-state index contributed by atoms with van der Waals surface area (Å²) in [6, 6.07) is 12.6. The Morgan fingerprint density at radius 1 is 1.00 bits per heavy atom. The van der Waals surface area contributed by atoms with E-state index in [2.05, 4.69) is 27.9 Å². The number of fused-ring (bicyclic) bond motifs is 1. The van der Waals surface area contributed by atoms with Crippen LogP contribution in [0.1, 0.15) is 65.9 Å². The second-order valence-electron chi connectivity index (χ2n) is 9.26. The molecule has 1 aliphatic rings. The van der Waals surface area contributed by atoms with E-state index in [4.69, 9.17) is 5.73 Å². The zero-order valence-electron chi connectivity index (χ0n) is 19.1. The minimum Gasteiger partial charge on any atom is -0.366 e. The number of carbonyl (C=O) groups excluding carboxylic acids is 1. The van der Waals surface area contributed by atoms with Gasteiger partial charge in [0, 0.05) is 35.1 Å². The molecule has 5 rings (SSSR count). The lowest BCUT2D eigenvalue weighted by Crippen LogP contribution is -2.22. The largest absolute Gasteiger partial charge is 0.366 e. The number of rotatable bonds is 5. The molecule has 6 heteroatoms. The Balaban J connectivity index is 1.39. The third-order valence-corrected chi connectivity index (χ3v) is 7.36. The van der Waals surface area contributed by atoms with Gasteiger partial charge in [-0.15, -0.1) is 0 Å². The van der Waals surface area contributed by atoms with Gasteiger partial charge in [-0.25, -0.2) is 14.4 Å². The highest BCUT2D eigenvalue weighted by molar-refractivity contribution is 5.95. The van der Waals surface area contributed by atoms with Crippen LogP contribution in [0.25, 0.3) is 22.0 Å². The van der Waals surface area contributed by atoms with Crippen molar-refractivity contribution >= 4 is 16.8 Å². The van der Waals surface area contributed by atoms with Crippen LogP contribution < -0.4 is 5.73 Å². The van der Waals surface area contributed by atoms with Gasteiger partial charge in [0.1, 0.15) is 12.1 Å². The summed E-state index contributed by atoms with van der Waals surface area (Å²) < 4.78 is 13.9. The van der Waals surface area contributed by atoms with Crippen LogP contribution in [-0.2, 0) is 0 Å². The number of carbonyl (C=O) groups is 1. The number of hydrogen-bond acceptors (Lipinski definition) is 4. The van der Waals surface area contributed by atoms with Gasteiger partial charge < -0.3 is 5.73 Å². The lowest BCUT2D eigenvalue weighted by atomic mass is 9.71. The molecule has 0 radical (unpaired) electrons. The molecule has 172 valence electrons. The lowest BCUT2D eigenvalue weighted by molar-refractivity contribution is 0.0998. The molecule has 34 heavy (non-hydrogen) atoms.